The predicted molar refractivity (Wildman–Crippen MR) is 106 cm³/mol. The number of ketones is 1. The maximum Gasteiger partial charge on any atom is 0.315 e. The summed E-state index contributed by atoms with van der Waals surface area (Å²) in [5.74, 6) is -0.387. The molecule has 3 aromatic rings. The number of hydrogen-bond acceptors (Lipinski definition) is 3. The maximum absolute atomic E-state index is 12.9. The minimum Gasteiger partial charge on any atom is -0.425 e. The van der Waals surface area contributed by atoms with Crippen molar-refractivity contribution >= 4 is 22.5 Å². The summed E-state index contributed by atoms with van der Waals surface area (Å²) in [6.45, 7) is 5.64. The molecule has 136 valence electrons. The molecule has 0 saturated carbocycles. The van der Waals surface area contributed by atoms with Gasteiger partial charge in [-0.1, -0.05) is 65.7 Å². The molecule has 4 rings (SSSR count). The molecular formula is C24H22O3. The van der Waals surface area contributed by atoms with Crippen LogP contribution in [-0.4, -0.2) is 11.8 Å². The van der Waals surface area contributed by atoms with Gasteiger partial charge < -0.3 is 9.53 Å². The molecule has 1 aliphatic rings. The van der Waals surface area contributed by atoms with Crippen molar-refractivity contribution in [3.05, 3.63) is 76.9 Å². The average molecular weight is 358 g/mol. The molecule has 0 fully saturated rings. The topological polar surface area (TPSA) is 43.4 Å². The Morgan fingerprint density at radius 1 is 1.00 bits per heavy atom. The molecule has 0 saturated heterocycles. The molecule has 3 nitrogen and oxygen atoms in total. The highest BCUT2D eigenvalue weighted by molar-refractivity contribution is 5.95. The number of benzene rings is 3. The van der Waals surface area contributed by atoms with Crippen LogP contribution in [0.3, 0.4) is 0 Å². The fraction of sp³-hybridized carbons (Fsp3) is 0.250. The van der Waals surface area contributed by atoms with Gasteiger partial charge in [0.2, 0.25) is 0 Å². The molecule has 2 atom stereocenters. The molecule has 3 aromatic carbocycles. The highest BCUT2D eigenvalue weighted by Gasteiger charge is 2.40. The summed E-state index contributed by atoms with van der Waals surface area (Å²) in [5.41, 5.74) is 4.33. The Hall–Kier alpha value is -2.94. The lowest BCUT2D eigenvalue weighted by Gasteiger charge is -2.33. The van der Waals surface area contributed by atoms with E-state index in [0.29, 0.717) is 5.75 Å². The third-order valence-corrected chi connectivity index (χ3v) is 5.26. The van der Waals surface area contributed by atoms with E-state index in [2.05, 4.69) is 38.1 Å². The molecule has 0 N–H and O–H groups in total. The summed E-state index contributed by atoms with van der Waals surface area (Å²) >= 11 is 0. The molecule has 0 amide bonds. The second-order valence-electron chi connectivity index (χ2n) is 7.54. The highest BCUT2D eigenvalue weighted by Crippen LogP contribution is 2.46. The molecule has 1 heterocycles. The second-order valence-corrected chi connectivity index (χ2v) is 7.54. The van der Waals surface area contributed by atoms with Crippen LogP contribution in [0.15, 0.2) is 54.6 Å². The van der Waals surface area contributed by atoms with Crippen molar-refractivity contribution in [1.29, 1.82) is 0 Å². The van der Waals surface area contributed by atoms with Gasteiger partial charge in [-0.2, -0.15) is 0 Å². The normalized spacial score (nSPS) is 18.9. The first-order chi connectivity index (χ1) is 12.9. The van der Waals surface area contributed by atoms with Gasteiger partial charge in [-0.3, -0.25) is 4.79 Å². The first kappa shape index (κ1) is 17.5. The van der Waals surface area contributed by atoms with Crippen LogP contribution in [0.2, 0.25) is 0 Å². The van der Waals surface area contributed by atoms with Gasteiger partial charge in [-0.15, -0.1) is 0 Å². The maximum atomic E-state index is 12.9. The highest BCUT2D eigenvalue weighted by atomic mass is 16.5. The third kappa shape index (κ3) is 3.14. The Morgan fingerprint density at radius 2 is 1.70 bits per heavy atom. The smallest absolute Gasteiger partial charge is 0.315 e. The van der Waals surface area contributed by atoms with Crippen LogP contribution in [0.5, 0.6) is 5.75 Å². The Bertz CT molecular complexity index is 1040. The Kier molecular flexibility index (Phi) is 4.31. The van der Waals surface area contributed by atoms with Crippen molar-refractivity contribution in [2.24, 2.45) is 5.92 Å². The van der Waals surface area contributed by atoms with Gasteiger partial charge in [0, 0.05) is 23.3 Å². The minimum absolute atomic E-state index is 0.00411. The lowest BCUT2D eigenvalue weighted by atomic mass is 9.75. The van der Waals surface area contributed by atoms with Crippen molar-refractivity contribution in [2.45, 2.75) is 33.1 Å². The number of carbonyl (C=O) groups is 2. The number of esters is 1. The standard InChI is InChI=1S/C24H22O3/c1-14-10-15(2)12-18(11-14)22-20-9-8-17-6-4-5-7-19(17)23(20)27-24(26)21(22)13-16(3)25/h4-12,21-22H,13H2,1-3H3/t21-,22-/m0/s1. The van der Waals surface area contributed by atoms with Crippen molar-refractivity contribution in [2.75, 3.05) is 0 Å². The molecule has 27 heavy (non-hydrogen) atoms. The molecule has 0 spiro atoms. The monoisotopic (exact) mass is 358 g/mol. The molecule has 0 aliphatic carbocycles. The zero-order chi connectivity index (χ0) is 19.1. The van der Waals surface area contributed by atoms with Gasteiger partial charge in [0.1, 0.15) is 11.5 Å². The molecular weight excluding hydrogens is 336 g/mol. The summed E-state index contributed by atoms with van der Waals surface area (Å²) < 4.78 is 5.78. The van der Waals surface area contributed by atoms with Crippen molar-refractivity contribution in [1.82, 2.24) is 0 Å². The van der Waals surface area contributed by atoms with Crippen LogP contribution in [0, 0.1) is 19.8 Å². The molecule has 3 heteroatoms. The third-order valence-electron chi connectivity index (χ3n) is 5.26. The van der Waals surface area contributed by atoms with E-state index in [1.165, 1.54) is 6.92 Å². The zero-order valence-electron chi connectivity index (χ0n) is 15.8. The molecule has 1 aliphatic heterocycles. The second kappa shape index (κ2) is 6.66. The molecule has 0 aromatic heterocycles. The van der Waals surface area contributed by atoms with Crippen LogP contribution >= 0.6 is 0 Å². The summed E-state index contributed by atoms with van der Waals surface area (Å²) in [7, 11) is 0. The van der Waals surface area contributed by atoms with E-state index in [4.69, 9.17) is 4.74 Å². The summed E-state index contributed by atoms with van der Waals surface area (Å²) in [6.07, 6.45) is 0.183. The number of Topliss-reactive ketones (excluding diaryl/α,β-unsaturated/α-hetero) is 1. The first-order valence-corrected chi connectivity index (χ1v) is 9.25. The molecule has 0 radical (unpaired) electrons. The average Bonchev–Trinajstić information content (AvgIpc) is 2.61. The van der Waals surface area contributed by atoms with E-state index in [-0.39, 0.29) is 24.1 Å². The number of fused-ring (bicyclic) bond motifs is 3. The number of ether oxygens (including phenoxy) is 1. The van der Waals surface area contributed by atoms with Crippen LogP contribution in [0.1, 0.15) is 41.5 Å². The minimum atomic E-state index is -0.502. The van der Waals surface area contributed by atoms with Crippen molar-refractivity contribution < 1.29 is 14.3 Å². The van der Waals surface area contributed by atoms with Gasteiger partial charge in [-0.25, -0.2) is 0 Å². The van der Waals surface area contributed by atoms with E-state index in [1.54, 1.807) is 0 Å². The molecule has 0 unspecified atom stereocenters. The number of rotatable bonds is 3. The van der Waals surface area contributed by atoms with Crippen LogP contribution in [0.25, 0.3) is 10.8 Å². The first-order valence-electron chi connectivity index (χ1n) is 9.25. The Morgan fingerprint density at radius 3 is 2.41 bits per heavy atom. The van der Waals surface area contributed by atoms with Crippen molar-refractivity contribution in [3.63, 3.8) is 0 Å². The van der Waals surface area contributed by atoms with E-state index in [9.17, 15) is 9.59 Å². The fourth-order valence-corrected chi connectivity index (χ4v) is 4.26. The lowest BCUT2D eigenvalue weighted by Crippen LogP contribution is -2.33. The zero-order valence-corrected chi connectivity index (χ0v) is 15.8. The number of hydrogen-bond donors (Lipinski definition) is 0. The van der Waals surface area contributed by atoms with E-state index >= 15 is 0 Å². The summed E-state index contributed by atoms with van der Waals surface area (Å²) in [5, 5.41) is 1.97. The molecule has 0 bridgehead atoms. The van der Waals surface area contributed by atoms with Crippen molar-refractivity contribution in [3.8, 4) is 5.75 Å². The number of aryl methyl sites for hydroxylation is 2. The Labute approximate surface area is 159 Å². The summed E-state index contributed by atoms with van der Waals surface area (Å²) in [4.78, 5) is 24.8. The van der Waals surface area contributed by atoms with Crippen LogP contribution < -0.4 is 4.74 Å². The fourth-order valence-electron chi connectivity index (χ4n) is 4.26. The van der Waals surface area contributed by atoms with Crippen LogP contribution in [-0.2, 0) is 9.59 Å². The number of carbonyl (C=O) groups excluding carboxylic acids is 2. The Balaban J connectivity index is 1.97. The largest absolute Gasteiger partial charge is 0.425 e. The van der Waals surface area contributed by atoms with E-state index < -0.39 is 5.92 Å². The predicted octanol–water partition coefficient (Wildman–Crippen LogP) is 5.10. The van der Waals surface area contributed by atoms with E-state index in [1.807, 2.05) is 30.3 Å². The summed E-state index contributed by atoms with van der Waals surface area (Å²) in [6, 6.07) is 18.4. The van der Waals surface area contributed by atoms with E-state index in [0.717, 1.165) is 33.0 Å². The SMILES string of the molecule is CC(=O)C[C@@H]1C(=O)Oc2c(ccc3ccccc23)[C@@H]1c1cc(C)cc(C)c1. The van der Waals surface area contributed by atoms with Gasteiger partial charge in [0.25, 0.3) is 0 Å². The van der Waals surface area contributed by atoms with Crippen LogP contribution in [0.4, 0.5) is 0 Å². The quantitative estimate of drug-likeness (QED) is 0.483. The van der Waals surface area contributed by atoms with Gasteiger partial charge in [-0.05, 0) is 31.7 Å². The van der Waals surface area contributed by atoms with Gasteiger partial charge in [0.15, 0.2) is 0 Å². The van der Waals surface area contributed by atoms with Gasteiger partial charge >= 0.3 is 5.97 Å². The van der Waals surface area contributed by atoms with Gasteiger partial charge in [0.05, 0.1) is 5.92 Å². The lowest BCUT2D eigenvalue weighted by molar-refractivity contribution is -0.142.